The van der Waals surface area contributed by atoms with Gasteiger partial charge in [-0.1, -0.05) is 24.3 Å². The standard InChI is InChI=1S/C10H11F3O4S.C7H5F3O4S/c1-7(2)17-18(14,15)9-6-4-3-5-8(9)16-10(11,12)13;8-7(9,10)14-5-3-1-2-4-6(5)15(11,12)13/h3-7H,1-2H3;1-4H,(H,11,12,13). The van der Waals surface area contributed by atoms with Crippen molar-refractivity contribution >= 4 is 20.2 Å². The molecular formula is C17H16F6O8S2. The highest BCUT2D eigenvalue weighted by atomic mass is 32.2. The molecule has 0 saturated carbocycles. The molecule has 0 aliphatic heterocycles. The van der Waals surface area contributed by atoms with Crippen LogP contribution in [0.1, 0.15) is 13.8 Å². The molecule has 2 aromatic carbocycles. The zero-order valence-corrected chi connectivity index (χ0v) is 18.2. The molecule has 0 atom stereocenters. The van der Waals surface area contributed by atoms with Crippen molar-refractivity contribution in [3.8, 4) is 11.5 Å². The summed E-state index contributed by atoms with van der Waals surface area (Å²) >= 11 is 0. The maximum Gasteiger partial charge on any atom is 0.573 e. The van der Waals surface area contributed by atoms with Crippen LogP contribution in [0.4, 0.5) is 26.3 Å². The topological polar surface area (TPSA) is 116 Å². The number of benzene rings is 2. The molecule has 0 radical (unpaired) electrons. The van der Waals surface area contributed by atoms with Crippen molar-refractivity contribution in [1.29, 1.82) is 0 Å². The van der Waals surface area contributed by atoms with Crippen LogP contribution in [0.2, 0.25) is 0 Å². The van der Waals surface area contributed by atoms with Gasteiger partial charge in [0.15, 0.2) is 11.5 Å². The van der Waals surface area contributed by atoms with Crippen LogP contribution < -0.4 is 9.47 Å². The van der Waals surface area contributed by atoms with Crippen LogP contribution in [0.3, 0.4) is 0 Å². The normalized spacial score (nSPS) is 12.7. The zero-order chi connectivity index (χ0) is 25.7. The SMILES string of the molecule is CC(C)OS(=O)(=O)c1ccccc1OC(F)(F)F.O=S(=O)(O)c1ccccc1OC(F)(F)F. The molecular weight excluding hydrogens is 510 g/mol. The van der Waals surface area contributed by atoms with Crippen molar-refractivity contribution in [2.24, 2.45) is 0 Å². The fourth-order valence-electron chi connectivity index (χ4n) is 2.04. The summed E-state index contributed by atoms with van der Waals surface area (Å²) in [6, 6.07) is 8.30. The molecule has 2 aromatic rings. The molecule has 1 N–H and O–H groups in total. The summed E-state index contributed by atoms with van der Waals surface area (Å²) in [5.74, 6) is -1.78. The van der Waals surface area contributed by atoms with E-state index in [4.69, 9.17) is 4.55 Å². The van der Waals surface area contributed by atoms with Crippen LogP contribution in [0.25, 0.3) is 0 Å². The fourth-order valence-corrected chi connectivity index (χ4v) is 3.87. The number of rotatable bonds is 6. The number of halogens is 6. The maximum atomic E-state index is 12.1. The van der Waals surface area contributed by atoms with Gasteiger partial charge in [-0.2, -0.15) is 16.8 Å². The van der Waals surface area contributed by atoms with Crippen molar-refractivity contribution < 1.29 is 61.4 Å². The number of para-hydroxylation sites is 2. The molecule has 0 bridgehead atoms. The molecule has 33 heavy (non-hydrogen) atoms. The molecule has 2 rings (SSSR count). The van der Waals surface area contributed by atoms with Gasteiger partial charge in [0.2, 0.25) is 0 Å². The third-order valence-electron chi connectivity index (χ3n) is 3.02. The van der Waals surface area contributed by atoms with Gasteiger partial charge in [-0.15, -0.1) is 26.3 Å². The first-order chi connectivity index (χ1) is 14.8. The Hall–Kier alpha value is -2.56. The second kappa shape index (κ2) is 10.6. The summed E-state index contributed by atoms with van der Waals surface area (Å²) in [6.45, 7) is 2.90. The Labute approximate surface area is 184 Å². The van der Waals surface area contributed by atoms with E-state index >= 15 is 0 Å². The van der Waals surface area contributed by atoms with Gasteiger partial charge >= 0.3 is 22.8 Å². The van der Waals surface area contributed by atoms with E-state index in [1.165, 1.54) is 26.0 Å². The molecule has 0 unspecified atom stereocenters. The molecule has 16 heteroatoms. The Balaban J connectivity index is 0.000000335. The molecule has 0 fully saturated rings. The minimum Gasteiger partial charge on any atom is -0.404 e. The minimum atomic E-state index is -5.01. The zero-order valence-electron chi connectivity index (χ0n) is 16.6. The Morgan fingerprint density at radius 2 is 1.09 bits per heavy atom. The van der Waals surface area contributed by atoms with E-state index in [9.17, 15) is 43.2 Å². The molecule has 0 aromatic heterocycles. The van der Waals surface area contributed by atoms with Crippen LogP contribution in [0.15, 0.2) is 58.3 Å². The van der Waals surface area contributed by atoms with Crippen molar-refractivity contribution in [2.45, 2.75) is 42.5 Å². The molecule has 0 saturated heterocycles. The molecule has 0 amide bonds. The van der Waals surface area contributed by atoms with Gasteiger partial charge in [-0.3, -0.25) is 8.74 Å². The lowest BCUT2D eigenvalue weighted by Crippen LogP contribution is -2.20. The van der Waals surface area contributed by atoms with Crippen molar-refractivity contribution in [1.82, 2.24) is 0 Å². The van der Waals surface area contributed by atoms with Gasteiger partial charge in [0.1, 0.15) is 9.79 Å². The summed E-state index contributed by atoms with van der Waals surface area (Å²) in [5.41, 5.74) is 0. The highest BCUT2D eigenvalue weighted by molar-refractivity contribution is 7.87. The molecule has 0 aliphatic rings. The lowest BCUT2D eigenvalue weighted by atomic mass is 10.3. The molecule has 0 aliphatic carbocycles. The number of hydrogen-bond donors (Lipinski definition) is 1. The maximum absolute atomic E-state index is 12.1. The number of ether oxygens (including phenoxy) is 2. The van der Waals surface area contributed by atoms with E-state index in [-0.39, 0.29) is 0 Å². The van der Waals surface area contributed by atoms with Gasteiger partial charge in [0.05, 0.1) is 6.10 Å². The predicted octanol–water partition coefficient (Wildman–Crippen LogP) is 4.53. The summed E-state index contributed by atoms with van der Waals surface area (Å²) < 4.78 is 137. The van der Waals surface area contributed by atoms with Gasteiger partial charge in [0, 0.05) is 0 Å². The van der Waals surface area contributed by atoms with Crippen LogP contribution in [-0.4, -0.2) is 40.2 Å². The predicted molar refractivity (Wildman–Crippen MR) is 99.5 cm³/mol. The van der Waals surface area contributed by atoms with E-state index in [1.54, 1.807) is 0 Å². The average molecular weight is 526 g/mol. The van der Waals surface area contributed by atoms with Crippen LogP contribution in [0, 0.1) is 0 Å². The van der Waals surface area contributed by atoms with E-state index in [0.29, 0.717) is 0 Å². The first kappa shape index (κ1) is 28.5. The second-order valence-electron chi connectivity index (χ2n) is 6.06. The van der Waals surface area contributed by atoms with Crippen molar-refractivity contribution in [3.63, 3.8) is 0 Å². The Bertz CT molecular complexity index is 1140. The molecule has 0 spiro atoms. The first-order valence-corrected chi connectivity index (χ1v) is 11.3. The first-order valence-electron chi connectivity index (χ1n) is 8.42. The molecule has 0 heterocycles. The highest BCUT2D eigenvalue weighted by Crippen LogP contribution is 2.31. The minimum absolute atomic E-state index is 0.656. The van der Waals surface area contributed by atoms with E-state index in [1.807, 2.05) is 0 Å². The lowest BCUT2D eigenvalue weighted by molar-refractivity contribution is -0.276. The molecule has 186 valence electrons. The van der Waals surface area contributed by atoms with Gasteiger partial charge in [-0.05, 0) is 38.1 Å². The van der Waals surface area contributed by atoms with Crippen LogP contribution in [0.5, 0.6) is 11.5 Å². The smallest absolute Gasteiger partial charge is 0.404 e. The van der Waals surface area contributed by atoms with Crippen LogP contribution >= 0.6 is 0 Å². The number of hydrogen-bond acceptors (Lipinski definition) is 7. The largest absolute Gasteiger partial charge is 0.573 e. The highest BCUT2D eigenvalue weighted by Gasteiger charge is 2.35. The Kier molecular flexibility index (Phi) is 9.13. The lowest BCUT2D eigenvalue weighted by Gasteiger charge is -2.14. The third kappa shape index (κ3) is 10.3. The van der Waals surface area contributed by atoms with Gasteiger partial charge in [0.25, 0.3) is 10.1 Å². The van der Waals surface area contributed by atoms with Crippen LogP contribution in [-0.2, 0) is 24.4 Å². The average Bonchev–Trinajstić information content (AvgIpc) is 2.58. The Morgan fingerprint density at radius 3 is 1.45 bits per heavy atom. The fraction of sp³-hybridized carbons (Fsp3) is 0.294. The summed E-state index contributed by atoms with van der Waals surface area (Å²) in [5, 5.41) is 0. The molecule has 8 nitrogen and oxygen atoms in total. The quantitative estimate of drug-likeness (QED) is 0.332. The summed E-state index contributed by atoms with van der Waals surface area (Å²) in [6.07, 6.45) is -10.7. The van der Waals surface area contributed by atoms with Gasteiger partial charge < -0.3 is 9.47 Å². The summed E-state index contributed by atoms with van der Waals surface area (Å²) in [4.78, 5) is -1.58. The van der Waals surface area contributed by atoms with Crippen molar-refractivity contribution in [2.75, 3.05) is 0 Å². The van der Waals surface area contributed by atoms with Crippen molar-refractivity contribution in [3.05, 3.63) is 48.5 Å². The van der Waals surface area contributed by atoms with Gasteiger partial charge in [-0.25, -0.2) is 0 Å². The summed E-state index contributed by atoms with van der Waals surface area (Å²) in [7, 11) is -9.02. The number of alkyl halides is 6. The van der Waals surface area contributed by atoms with E-state index in [0.717, 1.165) is 36.4 Å². The Morgan fingerprint density at radius 1 is 0.727 bits per heavy atom. The third-order valence-corrected chi connectivity index (χ3v) is 5.42. The van der Waals surface area contributed by atoms with E-state index in [2.05, 4.69) is 13.7 Å². The van der Waals surface area contributed by atoms with E-state index < -0.39 is 60.4 Å². The second-order valence-corrected chi connectivity index (χ2v) is 8.99. The monoisotopic (exact) mass is 526 g/mol.